The lowest BCUT2D eigenvalue weighted by Gasteiger charge is -2.67. The predicted octanol–water partition coefficient (Wildman–Crippen LogP) is 3.00. The maximum Gasteiger partial charge on any atom is 0.523 e. The number of carbonyl (C=O) groups is 3. The first-order valence-corrected chi connectivity index (χ1v) is 16.8. The molecule has 3 fully saturated rings. The van der Waals surface area contributed by atoms with Crippen LogP contribution in [0, 0.1) is 16.7 Å². The summed E-state index contributed by atoms with van der Waals surface area (Å²) in [5, 5.41) is 24.3. The molecule has 1 aromatic carbocycles. The van der Waals surface area contributed by atoms with Crippen LogP contribution in [0.1, 0.15) is 64.7 Å². The van der Waals surface area contributed by atoms with Gasteiger partial charge in [0.25, 0.3) is 0 Å². The van der Waals surface area contributed by atoms with Gasteiger partial charge in [0.05, 0.1) is 35.7 Å². The van der Waals surface area contributed by atoms with E-state index in [4.69, 9.17) is 23.1 Å². The van der Waals surface area contributed by atoms with E-state index in [1.54, 1.807) is 26.8 Å². The standard InChI is InChI=1S/C32H39F3O12S/c1-7-43-23-22-16(2)19(37)14-31(40,28(22,4)5)26(45-27(39)18-11-9-8-10-12-18)24-29(6,25(23)38)20(47-48(41,42)32(33,34)35)13-21-30(24,15-44-21)46-17(3)36/h8-12,19-21,23-24,26,37,40H,7,13-15H2,1-6H3/t19-,20-,21+,23+,24-,26-,29+,30-,31+/m0/s1. The van der Waals surface area contributed by atoms with Crippen LogP contribution < -0.4 is 0 Å². The number of aliphatic hydroxyl groups is 2. The van der Waals surface area contributed by atoms with Crippen LogP contribution in [0.15, 0.2) is 41.5 Å². The minimum Gasteiger partial charge on any atom is -0.455 e. The quantitative estimate of drug-likeness (QED) is 0.184. The van der Waals surface area contributed by atoms with E-state index in [2.05, 4.69) is 0 Å². The van der Waals surface area contributed by atoms with Crippen LogP contribution in [0.5, 0.6) is 0 Å². The normalized spacial score (nSPS) is 37.7. The molecule has 0 aromatic heterocycles. The van der Waals surface area contributed by atoms with Crippen molar-refractivity contribution in [1.29, 1.82) is 0 Å². The molecule has 1 heterocycles. The average Bonchev–Trinajstić information content (AvgIpc) is 2.98. The van der Waals surface area contributed by atoms with E-state index in [1.165, 1.54) is 31.2 Å². The lowest BCUT2D eigenvalue weighted by Crippen LogP contribution is -2.82. The molecule has 9 atom stereocenters. The molecule has 2 N–H and O–H groups in total. The second-order valence-electron chi connectivity index (χ2n) is 13.6. The number of ether oxygens (including phenoxy) is 4. The van der Waals surface area contributed by atoms with E-state index >= 15 is 4.79 Å². The third kappa shape index (κ3) is 5.21. The Bertz CT molecular complexity index is 1630. The molecular weight excluding hydrogens is 665 g/mol. The van der Waals surface area contributed by atoms with Gasteiger partial charge in [-0.1, -0.05) is 32.0 Å². The fourth-order valence-electron chi connectivity index (χ4n) is 8.28. The minimum atomic E-state index is -6.36. The van der Waals surface area contributed by atoms with Gasteiger partial charge in [0.15, 0.2) is 11.4 Å². The summed E-state index contributed by atoms with van der Waals surface area (Å²) in [6.07, 6.45) is -9.71. The first kappa shape index (κ1) is 36.4. The van der Waals surface area contributed by atoms with E-state index in [1.807, 2.05) is 0 Å². The number of esters is 2. The Morgan fingerprint density at radius 1 is 1.12 bits per heavy atom. The lowest BCUT2D eigenvalue weighted by molar-refractivity contribution is -0.344. The molecule has 5 rings (SSSR count). The van der Waals surface area contributed by atoms with Crippen molar-refractivity contribution in [2.24, 2.45) is 16.7 Å². The Balaban J connectivity index is 1.88. The smallest absolute Gasteiger partial charge is 0.455 e. The highest BCUT2D eigenvalue weighted by Crippen LogP contribution is 2.65. The largest absolute Gasteiger partial charge is 0.523 e. The van der Waals surface area contributed by atoms with Gasteiger partial charge in [-0.3, -0.25) is 13.8 Å². The molecule has 0 amide bonds. The Hall–Kier alpha value is -2.89. The number of rotatable bonds is 7. The van der Waals surface area contributed by atoms with Crippen LogP contribution in [0.3, 0.4) is 0 Å². The van der Waals surface area contributed by atoms with E-state index in [0.717, 1.165) is 13.8 Å². The molecule has 0 spiro atoms. The number of aliphatic hydroxyl groups excluding tert-OH is 1. The molecule has 1 aromatic rings. The molecule has 1 saturated heterocycles. The number of Topliss-reactive ketones (excluding diaryl/α,β-unsaturated/α-hetero) is 1. The Morgan fingerprint density at radius 2 is 1.75 bits per heavy atom. The summed E-state index contributed by atoms with van der Waals surface area (Å²) in [6, 6.07) is 7.50. The first-order valence-electron chi connectivity index (χ1n) is 15.4. The monoisotopic (exact) mass is 704 g/mol. The summed E-state index contributed by atoms with van der Waals surface area (Å²) in [6.45, 7) is 7.74. The van der Waals surface area contributed by atoms with Crippen LogP contribution >= 0.6 is 0 Å². The molecule has 0 radical (unpaired) electrons. The van der Waals surface area contributed by atoms with Crippen molar-refractivity contribution >= 4 is 27.8 Å². The number of hydrogen-bond acceptors (Lipinski definition) is 12. The van der Waals surface area contributed by atoms with E-state index < -0.39 is 111 Å². The van der Waals surface area contributed by atoms with Gasteiger partial charge in [0, 0.05) is 31.8 Å². The van der Waals surface area contributed by atoms with Gasteiger partial charge in [0.2, 0.25) is 0 Å². The van der Waals surface area contributed by atoms with Gasteiger partial charge < -0.3 is 29.2 Å². The number of benzene rings is 1. The van der Waals surface area contributed by atoms with Gasteiger partial charge in [-0.15, -0.1) is 0 Å². The molecule has 12 nitrogen and oxygen atoms in total. The molecule has 16 heteroatoms. The summed E-state index contributed by atoms with van der Waals surface area (Å²) < 4.78 is 95.1. The van der Waals surface area contributed by atoms with Crippen molar-refractivity contribution in [3.63, 3.8) is 0 Å². The zero-order valence-corrected chi connectivity index (χ0v) is 28.0. The lowest BCUT2D eigenvalue weighted by atomic mass is 9.44. The zero-order chi connectivity index (χ0) is 35.8. The predicted molar refractivity (Wildman–Crippen MR) is 158 cm³/mol. The number of halogens is 3. The van der Waals surface area contributed by atoms with Crippen LogP contribution in [0.2, 0.25) is 0 Å². The average molecular weight is 705 g/mol. The van der Waals surface area contributed by atoms with Crippen LogP contribution in [-0.2, 0) is 42.8 Å². The zero-order valence-electron chi connectivity index (χ0n) is 27.2. The Labute approximate surface area is 275 Å². The van der Waals surface area contributed by atoms with E-state index in [-0.39, 0.29) is 23.3 Å². The molecular formula is C32H39F3O12S. The van der Waals surface area contributed by atoms with E-state index in [9.17, 15) is 41.4 Å². The highest BCUT2D eigenvalue weighted by atomic mass is 32.2. The van der Waals surface area contributed by atoms with Gasteiger partial charge in [-0.05, 0) is 44.1 Å². The van der Waals surface area contributed by atoms with Crippen LogP contribution in [0.25, 0.3) is 0 Å². The number of fused-ring (bicyclic) bond motifs is 5. The maximum absolute atomic E-state index is 15.1. The fourth-order valence-corrected chi connectivity index (χ4v) is 8.97. The molecule has 3 aliphatic carbocycles. The van der Waals surface area contributed by atoms with Crippen molar-refractivity contribution in [2.45, 2.75) is 102 Å². The minimum absolute atomic E-state index is 0.00398. The van der Waals surface area contributed by atoms with Crippen molar-refractivity contribution < 1.29 is 69.3 Å². The highest BCUT2D eigenvalue weighted by molar-refractivity contribution is 7.87. The molecule has 2 saturated carbocycles. The van der Waals surface area contributed by atoms with E-state index in [0.29, 0.717) is 0 Å². The third-order valence-corrected chi connectivity index (χ3v) is 11.8. The van der Waals surface area contributed by atoms with Crippen LogP contribution in [0.4, 0.5) is 13.2 Å². The molecule has 48 heavy (non-hydrogen) atoms. The van der Waals surface area contributed by atoms with Crippen molar-refractivity contribution in [3.05, 3.63) is 47.0 Å². The second kappa shape index (κ2) is 11.9. The van der Waals surface area contributed by atoms with Gasteiger partial charge in [0.1, 0.15) is 23.9 Å². The van der Waals surface area contributed by atoms with Crippen molar-refractivity contribution in [2.75, 3.05) is 13.2 Å². The number of hydrogen-bond donors (Lipinski definition) is 2. The number of ketones is 1. The number of carbonyl (C=O) groups excluding carboxylic acids is 3. The molecule has 0 unspecified atom stereocenters. The first-order chi connectivity index (χ1) is 22.1. The summed E-state index contributed by atoms with van der Waals surface area (Å²) in [5.41, 5.74) is -13.9. The van der Waals surface area contributed by atoms with Crippen molar-refractivity contribution in [3.8, 4) is 0 Å². The molecule has 1 aliphatic heterocycles. The molecule has 4 aliphatic rings. The summed E-state index contributed by atoms with van der Waals surface area (Å²) in [5.74, 6) is -4.71. The molecule has 266 valence electrons. The third-order valence-electron chi connectivity index (χ3n) is 10.8. The highest BCUT2D eigenvalue weighted by Gasteiger charge is 2.79. The summed E-state index contributed by atoms with van der Waals surface area (Å²) in [4.78, 5) is 41.7. The second-order valence-corrected chi connectivity index (χ2v) is 15.2. The Morgan fingerprint density at radius 3 is 2.27 bits per heavy atom. The maximum atomic E-state index is 15.1. The summed E-state index contributed by atoms with van der Waals surface area (Å²) in [7, 11) is -6.36. The van der Waals surface area contributed by atoms with Gasteiger partial charge >= 0.3 is 27.6 Å². The Kier molecular flexibility index (Phi) is 9.00. The number of alkyl halides is 3. The van der Waals surface area contributed by atoms with Crippen molar-refractivity contribution in [1.82, 2.24) is 0 Å². The fraction of sp³-hybridized carbons (Fsp3) is 0.656. The van der Waals surface area contributed by atoms with Gasteiger partial charge in [-0.2, -0.15) is 21.6 Å². The summed E-state index contributed by atoms with van der Waals surface area (Å²) >= 11 is 0. The SMILES string of the molecule is CCO[C@H]1C(=O)[C@]2(C)[C@@H](OS(=O)(=O)C(F)(F)F)C[C@H]3OC[C@@]3(OC(C)=O)[C@H]2[C@H](OC(=O)c2ccccc2)[C@]2(O)C[C@H](O)C(C)=C1C2(C)C. The van der Waals surface area contributed by atoms with Gasteiger partial charge in [-0.25, -0.2) is 4.79 Å². The topological polar surface area (TPSA) is 172 Å². The molecule has 2 bridgehead atoms. The van der Waals surface area contributed by atoms with Crippen LogP contribution in [-0.4, -0.2) is 96.8 Å².